The number of hydrogen-bond donors (Lipinski definition) is 1. The van der Waals surface area contributed by atoms with Gasteiger partial charge in [-0.25, -0.2) is 4.98 Å². The van der Waals surface area contributed by atoms with Gasteiger partial charge in [0.25, 0.3) is 0 Å². The third-order valence-corrected chi connectivity index (χ3v) is 4.51. The smallest absolute Gasteiger partial charge is 0.203 e. The SMILES string of the molecule is CCC(C)Oc1ccccc1C=NNc1nc(-c2ccccc2)cs1. The summed E-state index contributed by atoms with van der Waals surface area (Å²) in [7, 11) is 0. The van der Waals surface area contributed by atoms with Crippen LogP contribution in [0.4, 0.5) is 5.13 Å². The number of para-hydroxylation sites is 1. The number of anilines is 1. The van der Waals surface area contributed by atoms with Gasteiger partial charge in [0.05, 0.1) is 18.0 Å². The summed E-state index contributed by atoms with van der Waals surface area (Å²) in [5.74, 6) is 0.839. The Hall–Kier alpha value is -2.66. The quantitative estimate of drug-likeness (QED) is 0.456. The van der Waals surface area contributed by atoms with Gasteiger partial charge in [-0.15, -0.1) is 11.3 Å². The van der Waals surface area contributed by atoms with Crippen molar-refractivity contribution in [3.05, 3.63) is 65.5 Å². The summed E-state index contributed by atoms with van der Waals surface area (Å²) in [6.07, 6.45) is 2.90. The molecule has 0 amide bonds. The molecule has 0 fully saturated rings. The molecular formula is C20H21N3OS. The van der Waals surface area contributed by atoms with Crippen LogP contribution in [0.1, 0.15) is 25.8 Å². The maximum Gasteiger partial charge on any atom is 0.203 e. The third-order valence-electron chi connectivity index (χ3n) is 3.76. The summed E-state index contributed by atoms with van der Waals surface area (Å²) >= 11 is 1.53. The fraction of sp³-hybridized carbons (Fsp3) is 0.200. The Morgan fingerprint density at radius 3 is 2.72 bits per heavy atom. The molecular weight excluding hydrogens is 330 g/mol. The molecule has 5 heteroatoms. The van der Waals surface area contributed by atoms with Gasteiger partial charge in [-0.2, -0.15) is 5.10 Å². The van der Waals surface area contributed by atoms with Gasteiger partial charge in [0.15, 0.2) is 0 Å². The highest BCUT2D eigenvalue weighted by atomic mass is 32.1. The van der Waals surface area contributed by atoms with Crippen molar-refractivity contribution in [2.24, 2.45) is 5.10 Å². The summed E-state index contributed by atoms with van der Waals surface area (Å²) in [6, 6.07) is 18.0. The maximum absolute atomic E-state index is 5.93. The van der Waals surface area contributed by atoms with Crippen molar-refractivity contribution in [3.8, 4) is 17.0 Å². The van der Waals surface area contributed by atoms with E-state index in [4.69, 9.17) is 4.74 Å². The van der Waals surface area contributed by atoms with Crippen LogP contribution < -0.4 is 10.2 Å². The topological polar surface area (TPSA) is 46.5 Å². The van der Waals surface area contributed by atoms with Crippen LogP contribution in [0.15, 0.2) is 65.1 Å². The summed E-state index contributed by atoms with van der Waals surface area (Å²) in [6.45, 7) is 4.17. The van der Waals surface area contributed by atoms with E-state index in [9.17, 15) is 0 Å². The lowest BCUT2D eigenvalue weighted by atomic mass is 10.2. The summed E-state index contributed by atoms with van der Waals surface area (Å²) in [5, 5.41) is 7.09. The Labute approximate surface area is 152 Å². The monoisotopic (exact) mass is 351 g/mol. The first-order chi connectivity index (χ1) is 12.3. The molecule has 25 heavy (non-hydrogen) atoms. The van der Waals surface area contributed by atoms with Crippen LogP contribution in [0.2, 0.25) is 0 Å². The molecule has 0 bridgehead atoms. The molecule has 3 rings (SSSR count). The Morgan fingerprint density at radius 1 is 1.16 bits per heavy atom. The van der Waals surface area contributed by atoms with Gasteiger partial charge in [0.1, 0.15) is 5.75 Å². The molecule has 0 aliphatic rings. The first-order valence-electron chi connectivity index (χ1n) is 8.32. The van der Waals surface area contributed by atoms with Gasteiger partial charge in [-0.3, -0.25) is 5.43 Å². The zero-order chi connectivity index (χ0) is 17.5. The number of nitrogens with one attached hydrogen (secondary N) is 1. The normalized spacial score (nSPS) is 12.2. The van der Waals surface area contributed by atoms with Gasteiger partial charge < -0.3 is 4.74 Å². The van der Waals surface area contributed by atoms with Crippen LogP contribution in [-0.4, -0.2) is 17.3 Å². The number of benzene rings is 2. The molecule has 1 aromatic heterocycles. The van der Waals surface area contributed by atoms with Crippen LogP contribution in [0, 0.1) is 0 Å². The molecule has 0 aliphatic heterocycles. The predicted octanol–water partition coefficient (Wildman–Crippen LogP) is 5.43. The zero-order valence-corrected chi connectivity index (χ0v) is 15.2. The molecule has 2 aromatic carbocycles. The fourth-order valence-electron chi connectivity index (χ4n) is 2.22. The lowest BCUT2D eigenvalue weighted by Crippen LogP contribution is -2.11. The highest BCUT2D eigenvalue weighted by Gasteiger charge is 2.06. The van der Waals surface area contributed by atoms with Crippen LogP contribution in [0.25, 0.3) is 11.3 Å². The van der Waals surface area contributed by atoms with E-state index in [1.807, 2.05) is 60.0 Å². The molecule has 0 aliphatic carbocycles. The molecule has 1 heterocycles. The highest BCUT2D eigenvalue weighted by Crippen LogP contribution is 2.24. The first kappa shape index (κ1) is 17.2. The molecule has 0 radical (unpaired) electrons. The fourth-order valence-corrected chi connectivity index (χ4v) is 2.89. The molecule has 0 spiro atoms. The molecule has 4 nitrogen and oxygen atoms in total. The Morgan fingerprint density at radius 2 is 1.92 bits per heavy atom. The first-order valence-corrected chi connectivity index (χ1v) is 9.20. The molecule has 0 saturated carbocycles. The van der Waals surface area contributed by atoms with Crippen molar-refractivity contribution >= 4 is 22.7 Å². The van der Waals surface area contributed by atoms with Crippen LogP contribution >= 0.6 is 11.3 Å². The maximum atomic E-state index is 5.93. The van der Waals surface area contributed by atoms with Crippen molar-refractivity contribution in [2.45, 2.75) is 26.4 Å². The van der Waals surface area contributed by atoms with Crippen LogP contribution in [0.3, 0.4) is 0 Å². The van der Waals surface area contributed by atoms with Crippen LogP contribution in [0.5, 0.6) is 5.75 Å². The lowest BCUT2D eigenvalue weighted by Gasteiger charge is -2.14. The minimum atomic E-state index is 0.176. The van der Waals surface area contributed by atoms with Gasteiger partial charge in [0, 0.05) is 16.5 Å². The molecule has 128 valence electrons. The van der Waals surface area contributed by atoms with Crippen molar-refractivity contribution in [3.63, 3.8) is 0 Å². The Kier molecular flexibility index (Phi) is 5.80. The number of ether oxygens (including phenoxy) is 1. The third kappa shape index (κ3) is 4.67. The van der Waals surface area contributed by atoms with Crippen molar-refractivity contribution in [2.75, 3.05) is 5.43 Å². The van der Waals surface area contributed by atoms with Gasteiger partial charge >= 0.3 is 0 Å². The van der Waals surface area contributed by atoms with E-state index in [0.717, 1.165) is 34.1 Å². The second-order valence-corrected chi connectivity index (χ2v) is 6.51. The van der Waals surface area contributed by atoms with E-state index in [2.05, 4.69) is 29.4 Å². The molecule has 0 saturated heterocycles. The summed E-state index contributed by atoms with van der Waals surface area (Å²) in [4.78, 5) is 4.56. The number of rotatable bonds is 7. The molecule has 1 atom stereocenters. The van der Waals surface area contributed by atoms with Crippen LogP contribution in [-0.2, 0) is 0 Å². The standard InChI is InChI=1S/C20H21N3OS/c1-3-15(2)24-19-12-8-7-11-17(19)13-21-23-20-22-18(14-25-20)16-9-5-4-6-10-16/h4-15H,3H2,1-2H3,(H,22,23). The largest absolute Gasteiger partial charge is 0.490 e. The molecule has 3 aromatic rings. The average molecular weight is 351 g/mol. The summed E-state index contributed by atoms with van der Waals surface area (Å²) < 4.78 is 5.93. The number of nitrogens with zero attached hydrogens (tertiary/aromatic N) is 2. The number of hydrogen-bond acceptors (Lipinski definition) is 5. The van der Waals surface area contributed by atoms with E-state index >= 15 is 0 Å². The van der Waals surface area contributed by atoms with Crippen molar-refractivity contribution in [1.82, 2.24) is 4.98 Å². The van der Waals surface area contributed by atoms with E-state index in [1.54, 1.807) is 6.21 Å². The summed E-state index contributed by atoms with van der Waals surface area (Å²) in [5.41, 5.74) is 5.99. The minimum absolute atomic E-state index is 0.176. The minimum Gasteiger partial charge on any atom is -0.490 e. The van der Waals surface area contributed by atoms with Crippen molar-refractivity contribution < 1.29 is 4.74 Å². The zero-order valence-electron chi connectivity index (χ0n) is 14.3. The second-order valence-electron chi connectivity index (χ2n) is 5.65. The molecule has 1 N–H and O–H groups in total. The van der Waals surface area contributed by atoms with Crippen molar-refractivity contribution in [1.29, 1.82) is 0 Å². The Balaban J connectivity index is 1.67. The Bertz CT molecular complexity index is 830. The molecule has 1 unspecified atom stereocenters. The van der Waals surface area contributed by atoms with Gasteiger partial charge in [0.2, 0.25) is 5.13 Å². The van der Waals surface area contributed by atoms with E-state index in [-0.39, 0.29) is 6.10 Å². The highest BCUT2D eigenvalue weighted by molar-refractivity contribution is 7.14. The van der Waals surface area contributed by atoms with E-state index in [1.165, 1.54) is 11.3 Å². The van der Waals surface area contributed by atoms with Gasteiger partial charge in [-0.1, -0.05) is 49.4 Å². The number of hydrazone groups is 1. The van der Waals surface area contributed by atoms with Gasteiger partial charge in [-0.05, 0) is 25.5 Å². The lowest BCUT2D eigenvalue weighted by molar-refractivity contribution is 0.217. The average Bonchev–Trinajstić information content (AvgIpc) is 3.13. The van der Waals surface area contributed by atoms with E-state index < -0.39 is 0 Å². The number of thiazole rings is 1. The number of aromatic nitrogens is 1. The predicted molar refractivity (Wildman–Crippen MR) is 106 cm³/mol. The van der Waals surface area contributed by atoms with E-state index in [0.29, 0.717) is 0 Å². The second kappa shape index (κ2) is 8.44.